The predicted molar refractivity (Wildman–Crippen MR) is 68.1 cm³/mol. The summed E-state index contributed by atoms with van der Waals surface area (Å²) >= 11 is 0. The molecule has 0 aromatic rings. The van der Waals surface area contributed by atoms with Gasteiger partial charge in [-0.1, -0.05) is 25.7 Å². The van der Waals surface area contributed by atoms with E-state index < -0.39 is 0 Å². The van der Waals surface area contributed by atoms with Crippen molar-refractivity contribution >= 4 is 0 Å². The molecule has 2 fully saturated rings. The lowest BCUT2D eigenvalue weighted by atomic mass is 9.56. The van der Waals surface area contributed by atoms with Crippen LogP contribution in [0.5, 0.6) is 0 Å². The van der Waals surface area contributed by atoms with Crippen LogP contribution in [0.2, 0.25) is 0 Å². The van der Waals surface area contributed by atoms with Crippen LogP contribution < -0.4 is 0 Å². The van der Waals surface area contributed by atoms with E-state index in [0.717, 1.165) is 24.8 Å². The van der Waals surface area contributed by atoms with Crippen molar-refractivity contribution < 1.29 is 5.11 Å². The molecule has 16 heavy (non-hydrogen) atoms. The maximum atomic E-state index is 9.93. The average molecular weight is 220 g/mol. The molecule has 0 saturated heterocycles. The molecule has 0 amide bonds. The fraction of sp³-hybridized carbons (Fsp3) is 0.733. The topological polar surface area (TPSA) is 20.2 Å². The van der Waals surface area contributed by atoms with Crippen LogP contribution in [0.3, 0.4) is 0 Å². The highest BCUT2D eigenvalue weighted by molar-refractivity contribution is 5.18. The Morgan fingerprint density at radius 3 is 2.62 bits per heavy atom. The van der Waals surface area contributed by atoms with Crippen LogP contribution in [-0.4, -0.2) is 11.2 Å². The van der Waals surface area contributed by atoms with Crippen LogP contribution in [0, 0.1) is 17.3 Å². The van der Waals surface area contributed by atoms with Crippen LogP contribution in [0.4, 0.5) is 0 Å². The molecule has 0 spiro atoms. The molecule has 90 valence electrons. The average Bonchev–Trinajstić information content (AvgIpc) is 2.24. The lowest BCUT2D eigenvalue weighted by molar-refractivity contribution is 0.0318. The Morgan fingerprint density at radius 1 is 1.38 bits per heavy atom. The number of allylic oxidation sites excluding steroid dienone is 1. The van der Waals surface area contributed by atoms with E-state index in [-0.39, 0.29) is 6.10 Å². The molecule has 2 saturated carbocycles. The van der Waals surface area contributed by atoms with Gasteiger partial charge in [0.05, 0.1) is 6.10 Å². The maximum absolute atomic E-state index is 9.93. The number of aliphatic hydroxyl groups excluding tert-OH is 1. The summed E-state index contributed by atoms with van der Waals surface area (Å²) in [5.74, 6) is 1.15. The highest BCUT2D eigenvalue weighted by Crippen LogP contribution is 2.54. The van der Waals surface area contributed by atoms with Crippen molar-refractivity contribution in [1.29, 1.82) is 0 Å². The van der Waals surface area contributed by atoms with Gasteiger partial charge in [-0.05, 0) is 61.9 Å². The van der Waals surface area contributed by atoms with E-state index in [1.165, 1.54) is 18.4 Å². The van der Waals surface area contributed by atoms with Gasteiger partial charge in [-0.15, -0.1) is 0 Å². The molecule has 0 heterocycles. The van der Waals surface area contributed by atoms with E-state index in [1.807, 2.05) is 0 Å². The third kappa shape index (κ3) is 1.86. The Balaban J connectivity index is 2.19. The maximum Gasteiger partial charge on any atom is 0.0750 e. The van der Waals surface area contributed by atoms with Crippen molar-refractivity contribution in [3.63, 3.8) is 0 Å². The number of hydrogen-bond acceptors (Lipinski definition) is 1. The second kappa shape index (κ2) is 4.03. The third-order valence-corrected chi connectivity index (χ3v) is 4.99. The molecule has 0 radical (unpaired) electrons. The van der Waals surface area contributed by atoms with Crippen molar-refractivity contribution in [3.8, 4) is 0 Å². The van der Waals surface area contributed by atoms with Crippen molar-refractivity contribution in [2.45, 2.75) is 52.1 Å². The van der Waals surface area contributed by atoms with Gasteiger partial charge in [-0.3, -0.25) is 0 Å². The zero-order valence-electron chi connectivity index (χ0n) is 10.6. The van der Waals surface area contributed by atoms with Crippen LogP contribution >= 0.6 is 0 Å². The first-order valence-corrected chi connectivity index (χ1v) is 6.46. The zero-order valence-corrected chi connectivity index (χ0v) is 10.6. The third-order valence-electron chi connectivity index (χ3n) is 4.99. The van der Waals surface area contributed by atoms with Crippen molar-refractivity contribution in [1.82, 2.24) is 0 Å². The van der Waals surface area contributed by atoms with E-state index in [1.54, 1.807) is 0 Å². The monoisotopic (exact) mass is 220 g/mol. The molecule has 1 nitrogen and oxygen atoms in total. The largest absolute Gasteiger partial charge is 0.389 e. The Hall–Kier alpha value is -0.560. The first-order chi connectivity index (χ1) is 7.44. The summed E-state index contributed by atoms with van der Waals surface area (Å²) in [5, 5.41) is 9.93. The first-order valence-electron chi connectivity index (χ1n) is 6.46. The second-order valence-electron chi connectivity index (χ2n) is 6.15. The molecular formula is C15H24O. The molecule has 1 N–H and O–H groups in total. The lowest BCUT2D eigenvalue weighted by Gasteiger charge is -2.50. The van der Waals surface area contributed by atoms with Gasteiger partial charge in [-0.25, -0.2) is 0 Å². The minimum atomic E-state index is -0.262. The molecule has 2 aliphatic carbocycles. The van der Waals surface area contributed by atoms with Crippen LogP contribution in [0.1, 0.15) is 46.0 Å². The van der Waals surface area contributed by atoms with E-state index in [0.29, 0.717) is 17.3 Å². The van der Waals surface area contributed by atoms with E-state index >= 15 is 0 Å². The van der Waals surface area contributed by atoms with Crippen LogP contribution in [0.25, 0.3) is 0 Å². The van der Waals surface area contributed by atoms with Crippen molar-refractivity contribution in [2.24, 2.45) is 17.3 Å². The van der Waals surface area contributed by atoms with E-state index in [9.17, 15) is 5.11 Å². The Bertz CT molecular complexity index is 317. The summed E-state index contributed by atoms with van der Waals surface area (Å²) in [7, 11) is 0. The molecule has 0 aromatic carbocycles. The van der Waals surface area contributed by atoms with Gasteiger partial charge >= 0.3 is 0 Å². The van der Waals surface area contributed by atoms with Crippen molar-refractivity contribution in [3.05, 3.63) is 24.3 Å². The summed E-state index contributed by atoms with van der Waals surface area (Å²) in [6.07, 6.45) is 5.49. The minimum Gasteiger partial charge on any atom is -0.389 e. The van der Waals surface area contributed by atoms with Crippen LogP contribution in [0.15, 0.2) is 24.3 Å². The van der Waals surface area contributed by atoms with Gasteiger partial charge in [0.25, 0.3) is 0 Å². The van der Waals surface area contributed by atoms with Gasteiger partial charge in [0, 0.05) is 0 Å². The Labute approximate surface area is 99.3 Å². The molecule has 4 atom stereocenters. The van der Waals surface area contributed by atoms with Gasteiger partial charge in [-0.2, -0.15) is 0 Å². The number of rotatable bonds is 1. The molecular weight excluding hydrogens is 196 g/mol. The van der Waals surface area contributed by atoms with Crippen LogP contribution in [-0.2, 0) is 0 Å². The highest BCUT2D eigenvalue weighted by atomic mass is 16.3. The van der Waals surface area contributed by atoms with Gasteiger partial charge in [0.1, 0.15) is 0 Å². The first kappa shape index (κ1) is 11.9. The van der Waals surface area contributed by atoms with Gasteiger partial charge < -0.3 is 5.11 Å². The Morgan fingerprint density at radius 2 is 2.00 bits per heavy atom. The molecule has 2 aliphatic rings. The molecule has 1 unspecified atom stereocenters. The standard InChI is InChI=1S/C15H24O/c1-10(2)12-5-7-15(4)8-6-14(16)11(3)13(15)9-12/h12-14,16H,1,3,5-9H2,2,4H3/t12?,13-,14+,15-/m0/s1. The summed E-state index contributed by atoms with van der Waals surface area (Å²) in [6, 6.07) is 0. The molecule has 0 aromatic heterocycles. The number of aliphatic hydroxyl groups is 1. The SMILES string of the molecule is C=C(C)C1CC[C@@]2(C)CC[C@@H](O)C(=C)[C@@H]2C1. The number of hydrogen-bond donors (Lipinski definition) is 1. The summed E-state index contributed by atoms with van der Waals surface area (Å²) in [4.78, 5) is 0. The smallest absolute Gasteiger partial charge is 0.0750 e. The fourth-order valence-electron chi connectivity index (χ4n) is 3.59. The number of fused-ring (bicyclic) bond motifs is 1. The van der Waals surface area contributed by atoms with E-state index in [2.05, 4.69) is 27.0 Å². The Kier molecular flexibility index (Phi) is 3.00. The molecule has 0 aliphatic heterocycles. The minimum absolute atomic E-state index is 0.262. The zero-order chi connectivity index (χ0) is 11.9. The fourth-order valence-corrected chi connectivity index (χ4v) is 3.59. The molecule has 0 bridgehead atoms. The predicted octanol–water partition coefficient (Wildman–Crippen LogP) is 3.70. The lowest BCUT2D eigenvalue weighted by Crippen LogP contribution is -2.42. The van der Waals surface area contributed by atoms with Gasteiger partial charge in [0.15, 0.2) is 0 Å². The van der Waals surface area contributed by atoms with E-state index in [4.69, 9.17) is 0 Å². The summed E-state index contributed by atoms with van der Waals surface area (Å²) in [5.41, 5.74) is 2.78. The normalized spacial score (nSPS) is 43.9. The highest BCUT2D eigenvalue weighted by Gasteiger charge is 2.45. The second-order valence-corrected chi connectivity index (χ2v) is 6.15. The molecule has 1 heteroatoms. The molecule has 2 rings (SSSR count). The van der Waals surface area contributed by atoms with Gasteiger partial charge in [0.2, 0.25) is 0 Å². The van der Waals surface area contributed by atoms with Crippen molar-refractivity contribution in [2.75, 3.05) is 0 Å². The quantitative estimate of drug-likeness (QED) is 0.668. The summed E-state index contributed by atoms with van der Waals surface area (Å²) in [6.45, 7) is 12.7. The summed E-state index contributed by atoms with van der Waals surface area (Å²) < 4.78 is 0.